The van der Waals surface area contributed by atoms with E-state index in [4.69, 9.17) is 5.73 Å². The van der Waals surface area contributed by atoms with E-state index in [1.54, 1.807) is 17.2 Å². The first kappa shape index (κ1) is 21.5. The highest BCUT2D eigenvalue weighted by molar-refractivity contribution is 5.98. The Morgan fingerprint density at radius 2 is 2.11 bits per heavy atom. The van der Waals surface area contributed by atoms with Crippen molar-refractivity contribution >= 4 is 33.9 Å². The molecule has 178 valence electrons. The lowest BCUT2D eigenvalue weighted by Crippen LogP contribution is -2.41. The predicted molar refractivity (Wildman–Crippen MR) is 131 cm³/mol. The second-order valence-electron chi connectivity index (χ2n) is 9.18. The third-order valence-electron chi connectivity index (χ3n) is 6.79. The van der Waals surface area contributed by atoms with Crippen LogP contribution in [-0.2, 0) is 6.54 Å². The van der Waals surface area contributed by atoms with Crippen LogP contribution in [0.1, 0.15) is 28.3 Å². The standard InChI is InChI=1S/C25H25FN8O/c1-15-28-11-22-24(27)30-20-10-19(26)18(9-21(20)34(15)22)25(35)33(17-6-8-31(2)14-17)13-16-12-32-7-4-3-5-23(32)29-16/h3-5,7,9-12,17H,6,8,13-14H2,1-2H3,(H2,27,30). The van der Waals surface area contributed by atoms with E-state index < -0.39 is 5.82 Å². The van der Waals surface area contributed by atoms with Crippen LogP contribution in [0, 0.1) is 12.7 Å². The zero-order valence-electron chi connectivity index (χ0n) is 19.5. The molecule has 1 aromatic carbocycles. The monoisotopic (exact) mass is 472 g/mol. The molecule has 1 fully saturated rings. The lowest BCUT2D eigenvalue weighted by Gasteiger charge is -2.28. The van der Waals surface area contributed by atoms with Crippen LogP contribution in [0.25, 0.3) is 22.2 Å². The van der Waals surface area contributed by atoms with Crippen LogP contribution in [0.2, 0.25) is 0 Å². The molecule has 1 amide bonds. The normalized spacial score (nSPS) is 16.6. The van der Waals surface area contributed by atoms with Crippen LogP contribution in [0.15, 0.2) is 48.9 Å². The molecule has 2 N–H and O–H groups in total. The predicted octanol–water partition coefficient (Wildman–Crippen LogP) is 2.91. The van der Waals surface area contributed by atoms with Crippen LogP contribution in [0.4, 0.5) is 10.2 Å². The SMILES string of the molecule is Cc1ncc2c(N)nc3cc(F)c(C(=O)N(Cc4cn5ccccc5n4)C4CCN(C)C4)cc3n12. The number of pyridine rings is 1. The molecule has 1 aliphatic rings. The first-order valence-electron chi connectivity index (χ1n) is 11.5. The highest BCUT2D eigenvalue weighted by Crippen LogP contribution is 2.27. The smallest absolute Gasteiger partial charge is 0.257 e. The van der Waals surface area contributed by atoms with Gasteiger partial charge in [-0.15, -0.1) is 0 Å². The Bertz CT molecular complexity index is 1570. The van der Waals surface area contributed by atoms with Gasteiger partial charge in [-0.2, -0.15) is 0 Å². The van der Waals surface area contributed by atoms with Gasteiger partial charge in [0.05, 0.1) is 35.0 Å². The summed E-state index contributed by atoms with van der Waals surface area (Å²) in [5.74, 6) is -0.0514. The van der Waals surface area contributed by atoms with E-state index in [0.717, 1.165) is 30.9 Å². The third-order valence-corrected chi connectivity index (χ3v) is 6.79. The van der Waals surface area contributed by atoms with Gasteiger partial charge in [0.15, 0.2) is 0 Å². The van der Waals surface area contributed by atoms with E-state index in [2.05, 4.69) is 19.9 Å². The van der Waals surface area contributed by atoms with Crippen LogP contribution in [0.5, 0.6) is 0 Å². The molecule has 0 radical (unpaired) electrons. The first-order valence-corrected chi connectivity index (χ1v) is 11.5. The molecule has 6 rings (SSSR count). The number of nitrogens with two attached hydrogens (primary N) is 1. The number of halogens is 1. The number of likely N-dealkylation sites (tertiary alicyclic amines) is 1. The molecule has 0 spiro atoms. The summed E-state index contributed by atoms with van der Waals surface area (Å²) in [5.41, 5.74) is 9.20. The van der Waals surface area contributed by atoms with E-state index in [1.807, 2.05) is 53.4 Å². The Morgan fingerprint density at radius 3 is 2.89 bits per heavy atom. The lowest BCUT2D eigenvalue weighted by atomic mass is 10.1. The molecule has 35 heavy (non-hydrogen) atoms. The summed E-state index contributed by atoms with van der Waals surface area (Å²) in [7, 11) is 2.03. The molecule has 9 nitrogen and oxygen atoms in total. The minimum atomic E-state index is -0.627. The molecule has 4 aromatic heterocycles. The van der Waals surface area contributed by atoms with Crippen molar-refractivity contribution in [3.05, 3.63) is 71.8 Å². The third kappa shape index (κ3) is 3.57. The number of hydrogen-bond donors (Lipinski definition) is 1. The Hall–Kier alpha value is -4.05. The molecule has 0 aliphatic carbocycles. The van der Waals surface area contributed by atoms with Gasteiger partial charge in [-0.25, -0.2) is 19.3 Å². The number of aryl methyl sites for hydroxylation is 1. The summed E-state index contributed by atoms with van der Waals surface area (Å²) in [6, 6.07) is 8.56. The van der Waals surface area contributed by atoms with Gasteiger partial charge >= 0.3 is 0 Å². The van der Waals surface area contributed by atoms with Crippen molar-refractivity contribution in [3.8, 4) is 0 Å². The summed E-state index contributed by atoms with van der Waals surface area (Å²) >= 11 is 0. The second-order valence-corrected chi connectivity index (χ2v) is 9.18. The Kier molecular flexibility index (Phi) is 4.92. The van der Waals surface area contributed by atoms with Crippen LogP contribution < -0.4 is 5.73 Å². The van der Waals surface area contributed by atoms with Gasteiger partial charge in [-0.1, -0.05) is 6.07 Å². The maximum Gasteiger partial charge on any atom is 0.257 e. The lowest BCUT2D eigenvalue weighted by molar-refractivity contribution is 0.0660. The number of nitrogens with zero attached hydrogens (tertiary/aromatic N) is 7. The van der Waals surface area contributed by atoms with E-state index in [0.29, 0.717) is 22.4 Å². The van der Waals surface area contributed by atoms with E-state index >= 15 is 4.39 Å². The zero-order chi connectivity index (χ0) is 24.3. The van der Waals surface area contributed by atoms with E-state index in [-0.39, 0.29) is 29.9 Å². The number of aromatic nitrogens is 5. The average molecular weight is 473 g/mol. The van der Waals surface area contributed by atoms with Gasteiger partial charge in [-0.3, -0.25) is 9.20 Å². The number of rotatable bonds is 4. The van der Waals surface area contributed by atoms with Crippen molar-refractivity contribution in [2.24, 2.45) is 0 Å². The molecule has 1 unspecified atom stereocenters. The largest absolute Gasteiger partial charge is 0.382 e. The average Bonchev–Trinajstić information content (AvgIpc) is 3.55. The molecule has 1 atom stereocenters. The second kappa shape index (κ2) is 8.02. The van der Waals surface area contributed by atoms with Crippen LogP contribution in [-0.4, -0.2) is 65.6 Å². The number of likely N-dealkylation sites (N-methyl/N-ethyl adjacent to an activating group) is 1. The summed E-state index contributed by atoms with van der Waals surface area (Å²) in [6.07, 6.45) is 6.28. The number of carbonyl (C=O) groups is 1. The highest BCUT2D eigenvalue weighted by atomic mass is 19.1. The number of anilines is 1. The van der Waals surface area contributed by atoms with Crippen molar-refractivity contribution in [2.45, 2.75) is 25.9 Å². The van der Waals surface area contributed by atoms with Crippen molar-refractivity contribution in [2.75, 3.05) is 25.9 Å². The summed E-state index contributed by atoms with van der Waals surface area (Å²) in [4.78, 5) is 31.2. The summed E-state index contributed by atoms with van der Waals surface area (Å²) < 4.78 is 19.1. The zero-order valence-corrected chi connectivity index (χ0v) is 19.5. The molecule has 5 heterocycles. The minimum Gasteiger partial charge on any atom is -0.382 e. The Balaban J connectivity index is 1.45. The number of amides is 1. The first-order chi connectivity index (χ1) is 16.9. The summed E-state index contributed by atoms with van der Waals surface area (Å²) in [6.45, 7) is 3.71. The topological polar surface area (TPSA) is 97.1 Å². The molecule has 5 aromatic rings. The maximum absolute atomic E-state index is 15.4. The van der Waals surface area contributed by atoms with Gasteiger partial charge in [0.1, 0.15) is 28.6 Å². The fourth-order valence-electron chi connectivity index (χ4n) is 5.03. The van der Waals surface area contributed by atoms with Gasteiger partial charge < -0.3 is 19.9 Å². The van der Waals surface area contributed by atoms with Gasteiger partial charge in [-0.05, 0) is 45.1 Å². The molecular formula is C25H25FN8O. The molecular weight excluding hydrogens is 447 g/mol. The fraction of sp³-hybridized carbons (Fsp3) is 0.280. The molecule has 1 saturated heterocycles. The molecule has 10 heteroatoms. The van der Waals surface area contributed by atoms with Gasteiger partial charge in [0.2, 0.25) is 0 Å². The van der Waals surface area contributed by atoms with Gasteiger partial charge in [0, 0.05) is 31.0 Å². The van der Waals surface area contributed by atoms with Crippen LogP contribution in [0.3, 0.4) is 0 Å². The quantitative estimate of drug-likeness (QED) is 0.432. The van der Waals surface area contributed by atoms with Crippen LogP contribution >= 0.6 is 0 Å². The minimum absolute atomic E-state index is 0.00297. The number of nitrogen functional groups attached to an aromatic ring is 1. The number of fused-ring (bicyclic) bond motifs is 4. The highest BCUT2D eigenvalue weighted by Gasteiger charge is 2.32. The number of benzene rings is 1. The summed E-state index contributed by atoms with van der Waals surface area (Å²) in [5, 5.41) is 0. The van der Waals surface area contributed by atoms with Crippen molar-refractivity contribution < 1.29 is 9.18 Å². The number of hydrogen-bond acceptors (Lipinski definition) is 6. The molecule has 0 saturated carbocycles. The maximum atomic E-state index is 15.4. The molecule has 0 bridgehead atoms. The fourth-order valence-corrected chi connectivity index (χ4v) is 5.03. The van der Waals surface area contributed by atoms with E-state index in [9.17, 15) is 4.79 Å². The Morgan fingerprint density at radius 1 is 1.26 bits per heavy atom. The van der Waals surface area contributed by atoms with Gasteiger partial charge in [0.25, 0.3) is 5.91 Å². The van der Waals surface area contributed by atoms with Crippen molar-refractivity contribution in [1.82, 2.24) is 33.6 Å². The van der Waals surface area contributed by atoms with Crippen molar-refractivity contribution in [3.63, 3.8) is 0 Å². The number of imidazole rings is 2. The van der Waals surface area contributed by atoms with Crippen molar-refractivity contribution in [1.29, 1.82) is 0 Å². The molecule has 1 aliphatic heterocycles. The van der Waals surface area contributed by atoms with E-state index in [1.165, 1.54) is 6.07 Å². The Labute approximate surface area is 200 Å². The number of carbonyl (C=O) groups excluding carboxylic acids is 1.